The summed E-state index contributed by atoms with van der Waals surface area (Å²) >= 11 is 1.25. The summed E-state index contributed by atoms with van der Waals surface area (Å²) in [7, 11) is 0. The van der Waals surface area contributed by atoms with Crippen molar-refractivity contribution in [3.8, 4) is 17.1 Å². The van der Waals surface area contributed by atoms with Gasteiger partial charge in [0.1, 0.15) is 11.6 Å². The van der Waals surface area contributed by atoms with E-state index in [-0.39, 0.29) is 23.2 Å². The molecule has 0 aliphatic heterocycles. The van der Waals surface area contributed by atoms with Crippen LogP contribution in [0.3, 0.4) is 0 Å². The van der Waals surface area contributed by atoms with Crippen molar-refractivity contribution in [1.29, 1.82) is 0 Å². The molecule has 0 bridgehead atoms. The summed E-state index contributed by atoms with van der Waals surface area (Å²) in [6.45, 7) is 2.54. The third-order valence-electron chi connectivity index (χ3n) is 3.64. The lowest BCUT2D eigenvalue weighted by Gasteiger charge is -2.08. The minimum Gasteiger partial charge on any atom is -0.507 e. The van der Waals surface area contributed by atoms with Gasteiger partial charge in [-0.25, -0.2) is 4.39 Å². The Bertz CT molecular complexity index is 912. The molecule has 1 amide bonds. The molecule has 1 aromatic heterocycles. The van der Waals surface area contributed by atoms with Gasteiger partial charge in [-0.3, -0.25) is 4.79 Å². The van der Waals surface area contributed by atoms with Crippen LogP contribution in [0.1, 0.15) is 6.92 Å². The van der Waals surface area contributed by atoms with Crippen molar-refractivity contribution in [2.45, 2.75) is 18.6 Å². The molecule has 8 heteroatoms. The van der Waals surface area contributed by atoms with E-state index in [0.717, 1.165) is 0 Å². The first-order valence-corrected chi connectivity index (χ1v) is 8.97. The molecule has 134 valence electrons. The molecule has 0 aliphatic carbocycles. The predicted molar refractivity (Wildman–Crippen MR) is 98.6 cm³/mol. The van der Waals surface area contributed by atoms with Gasteiger partial charge in [0.25, 0.3) is 0 Å². The quantitative estimate of drug-likeness (QED) is 0.647. The van der Waals surface area contributed by atoms with Crippen LogP contribution in [-0.2, 0) is 11.3 Å². The zero-order chi connectivity index (χ0) is 18.5. The van der Waals surface area contributed by atoms with Crippen molar-refractivity contribution >= 4 is 23.4 Å². The third kappa shape index (κ3) is 4.02. The normalized spacial score (nSPS) is 10.7. The van der Waals surface area contributed by atoms with Gasteiger partial charge in [-0.05, 0) is 43.3 Å². The zero-order valence-electron chi connectivity index (χ0n) is 14.0. The molecule has 1 heterocycles. The molecule has 0 radical (unpaired) electrons. The number of phenolic OH excluding ortho intramolecular Hbond substituents is 1. The fourth-order valence-electron chi connectivity index (χ4n) is 2.40. The molecule has 0 saturated heterocycles. The summed E-state index contributed by atoms with van der Waals surface area (Å²) in [5, 5.41) is 21.6. The van der Waals surface area contributed by atoms with E-state index in [4.69, 9.17) is 0 Å². The SMILES string of the molecule is CCn1c(SCC(=O)Nc2ccc(F)cc2)nnc1-c1ccccc1O. The van der Waals surface area contributed by atoms with Crippen LogP contribution >= 0.6 is 11.8 Å². The molecule has 3 aromatic rings. The van der Waals surface area contributed by atoms with Gasteiger partial charge in [0.2, 0.25) is 5.91 Å². The second-order valence-electron chi connectivity index (χ2n) is 5.41. The lowest BCUT2D eigenvalue weighted by atomic mass is 10.2. The lowest BCUT2D eigenvalue weighted by molar-refractivity contribution is -0.113. The number of amides is 1. The summed E-state index contributed by atoms with van der Waals surface area (Å²) in [4.78, 5) is 12.1. The number of hydrogen-bond acceptors (Lipinski definition) is 5. The molecule has 0 saturated carbocycles. The van der Waals surface area contributed by atoms with E-state index in [2.05, 4.69) is 15.5 Å². The number of carbonyl (C=O) groups is 1. The van der Waals surface area contributed by atoms with Crippen molar-refractivity contribution in [2.24, 2.45) is 0 Å². The van der Waals surface area contributed by atoms with Gasteiger partial charge >= 0.3 is 0 Å². The molecule has 0 aliphatic rings. The van der Waals surface area contributed by atoms with E-state index in [9.17, 15) is 14.3 Å². The number of nitrogens with zero attached hydrogens (tertiary/aromatic N) is 3. The maximum atomic E-state index is 12.9. The van der Waals surface area contributed by atoms with Crippen LogP contribution in [0.15, 0.2) is 53.7 Å². The number of benzene rings is 2. The van der Waals surface area contributed by atoms with E-state index >= 15 is 0 Å². The first kappa shape index (κ1) is 17.9. The van der Waals surface area contributed by atoms with E-state index in [1.807, 2.05) is 17.6 Å². The Morgan fingerprint density at radius 2 is 1.92 bits per heavy atom. The second-order valence-corrected chi connectivity index (χ2v) is 6.35. The first-order chi connectivity index (χ1) is 12.6. The van der Waals surface area contributed by atoms with Crippen molar-refractivity contribution in [3.05, 3.63) is 54.3 Å². The van der Waals surface area contributed by atoms with Crippen molar-refractivity contribution < 1.29 is 14.3 Å². The summed E-state index contributed by atoms with van der Waals surface area (Å²) in [5.41, 5.74) is 1.12. The highest BCUT2D eigenvalue weighted by molar-refractivity contribution is 7.99. The summed E-state index contributed by atoms with van der Waals surface area (Å²) in [5.74, 6) is 0.227. The maximum Gasteiger partial charge on any atom is 0.234 e. The topological polar surface area (TPSA) is 80.0 Å². The van der Waals surface area contributed by atoms with E-state index < -0.39 is 0 Å². The number of halogens is 1. The van der Waals surface area contributed by atoms with Crippen molar-refractivity contribution in [3.63, 3.8) is 0 Å². The Labute approximate surface area is 154 Å². The average molecular weight is 372 g/mol. The van der Waals surface area contributed by atoms with Crippen molar-refractivity contribution in [1.82, 2.24) is 14.8 Å². The second kappa shape index (κ2) is 8.01. The number of carbonyl (C=O) groups excluding carboxylic acids is 1. The van der Waals surface area contributed by atoms with Crippen LogP contribution in [-0.4, -0.2) is 31.5 Å². The van der Waals surface area contributed by atoms with Gasteiger partial charge in [0, 0.05) is 12.2 Å². The zero-order valence-corrected chi connectivity index (χ0v) is 14.8. The number of aromatic hydroxyl groups is 1. The molecule has 0 fully saturated rings. The lowest BCUT2D eigenvalue weighted by Crippen LogP contribution is -2.14. The highest BCUT2D eigenvalue weighted by Gasteiger charge is 2.16. The average Bonchev–Trinajstić information content (AvgIpc) is 3.05. The predicted octanol–water partition coefficient (Wildman–Crippen LogP) is 3.54. The van der Waals surface area contributed by atoms with E-state index in [0.29, 0.717) is 28.8 Å². The fourth-order valence-corrected chi connectivity index (χ4v) is 3.21. The number of thioether (sulfide) groups is 1. The number of para-hydroxylation sites is 1. The molecule has 3 rings (SSSR count). The monoisotopic (exact) mass is 372 g/mol. The Hall–Kier alpha value is -2.87. The van der Waals surface area contributed by atoms with Crippen LogP contribution < -0.4 is 5.32 Å². The number of phenols is 1. The number of nitrogens with one attached hydrogen (secondary N) is 1. The minimum absolute atomic E-state index is 0.125. The Morgan fingerprint density at radius 3 is 2.62 bits per heavy atom. The van der Waals surface area contributed by atoms with Crippen LogP contribution in [0.4, 0.5) is 10.1 Å². The number of hydrogen-bond donors (Lipinski definition) is 2. The van der Waals surface area contributed by atoms with Gasteiger partial charge in [0.05, 0.1) is 11.3 Å². The van der Waals surface area contributed by atoms with Gasteiger partial charge in [-0.2, -0.15) is 0 Å². The van der Waals surface area contributed by atoms with Gasteiger partial charge < -0.3 is 15.0 Å². The largest absolute Gasteiger partial charge is 0.507 e. The highest BCUT2D eigenvalue weighted by atomic mass is 32.2. The summed E-state index contributed by atoms with van der Waals surface area (Å²) in [6.07, 6.45) is 0. The van der Waals surface area contributed by atoms with Gasteiger partial charge in [-0.15, -0.1) is 10.2 Å². The van der Waals surface area contributed by atoms with Gasteiger partial charge in [-0.1, -0.05) is 23.9 Å². The summed E-state index contributed by atoms with van der Waals surface area (Å²) in [6, 6.07) is 12.5. The molecular formula is C18H17FN4O2S. The molecule has 0 atom stereocenters. The van der Waals surface area contributed by atoms with Crippen LogP contribution in [0.25, 0.3) is 11.4 Å². The molecule has 0 spiro atoms. The molecular weight excluding hydrogens is 355 g/mol. The highest BCUT2D eigenvalue weighted by Crippen LogP contribution is 2.30. The van der Waals surface area contributed by atoms with E-state index in [1.54, 1.807) is 18.2 Å². The smallest absolute Gasteiger partial charge is 0.234 e. The number of aromatic nitrogens is 3. The third-order valence-corrected chi connectivity index (χ3v) is 4.61. The first-order valence-electron chi connectivity index (χ1n) is 7.98. The Kier molecular flexibility index (Phi) is 5.52. The van der Waals surface area contributed by atoms with Crippen molar-refractivity contribution in [2.75, 3.05) is 11.1 Å². The number of rotatable bonds is 6. The maximum absolute atomic E-state index is 12.9. The van der Waals surface area contributed by atoms with Crippen LogP contribution in [0.5, 0.6) is 5.75 Å². The van der Waals surface area contributed by atoms with Crippen LogP contribution in [0.2, 0.25) is 0 Å². The number of anilines is 1. The van der Waals surface area contributed by atoms with Crippen LogP contribution in [0, 0.1) is 5.82 Å². The Morgan fingerprint density at radius 1 is 1.19 bits per heavy atom. The molecule has 2 aromatic carbocycles. The minimum atomic E-state index is -0.356. The standard InChI is InChI=1S/C18H17FN4O2S/c1-2-23-17(14-5-3-4-6-15(14)24)21-22-18(23)26-11-16(25)20-13-9-7-12(19)8-10-13/h3-10,24H,2,11H2,1H3,(H,20,25). The molecule has 2 N–H and O–H groups in total. The summed E-state index contributed by atoms with van der Waals surface area (Å²) < 4.78 is 14.7. The van der Waals surface area contributed by atoms with E-state index in [1.165, 1.54) is 36.0 Å². The van der Waals surface area contributed by atoms with Gasteiger partial charge in [0.15, 0.2) is 11.0 Å². The molecule has 6 nitrogen and oxygen atoms in total. The Balaban J connectivity index is 1.69. The molecule has 26 heavy (non-hydrogen) atoms. The fraction of sp³-hybridized carbons (Fsp3) is 0.167. The molecule has 0 unspecified atom stereocenters.